The van der Waals surface area contributed by atoms with E-state index in [2.05, 4.69) is 5.32 Å². The molecule has 0 atom stereocenters. The van der Waals surface area contributed by atoms with E-state index in [4.69, 9.17) is 4.74 Å². The first-order valence-electron chi connectivity index (χ1n) is 7.41. The Bertz CT molecular complexity index is 749. The maximum Gasteiger partial charge on any atom is 0.339 e. The Balaban J connectivity index is 1.66. The molecule has 3 rings (SSSR count). The number of aromatic carboxylic acids is 1. The summed E-state index contributed by atoms with van der Waals surface area (Å²) in [7, 11) is 0. The molecule has 0 unspecified atom stereocenters. The summed E-state index contributed by atoms with van der Waals surface area (Å²) in [5, 5.41) is 12.5. The average Bonchev–Trinajstić information content (AvgIpc) is 3.06. The van der Waals surface area contributed by atoms with Crippen molar-refractivity contribution < 1.29 is 19.4 Å². The first-order valence-corrected chi connectivity index (χ1v) is 8.23. The van der Waals surface area contributed by atoms with Crippen LogP contribution in [0.1, 0.15) is 32.8 Å². The molecule has 0 fully saturated rings. The van der Waals surface area contributed by atoms with Gasteiger partial charge < -0.3 is 15.2 Å². The summed E-state index contributed by atoms with van der Waals surface area (Å²) in [6.07, 6.45) is 2.63. The molecule has 1 heterocycles. The number of benzene rings is 1. The number of hydrogen-bond donors (Lipinski definition) is 2. The fraction of sp³-hybridized carbons (Fsp3) is 0.294. The summed E-state index contributed by atoms with van der Waals surface area (Å²) in [5.41, 5.74) is 2.23. The second kappa shape index (κ2) is 6.42. The van der Waals surface area contributed by atoms with Crippen LogP contribution < -0.4 is 10.1 Å². The zero-order chi connectivity index (χ0) is 16.4. The molecular weight excluding hydrogens is 314 g/mol. The molecule has 0 radical (unpaired) electrons. The average molecular weight is 331 g/mol. The van der Waals surface area contributed by atoms with Crippen molar-refractivity contribution in [2.75, 3.05) is 11.9 Å². The minimum absolute atomic E-state index is 0.148. The van der Waals surface area contributed by atoms with Crippen LogP contribution in [0.15, 0.2) is 24.3 Å². The van der Waals surface area contributed by atoms with Gasteiger partial charge >= 0.3 is 5.97 Å². The molecule has 0 saturated heterocycles. The third-order valence-corrected chi connectivity index (χ3v) is 4.99. The summed E-state index contributed by atoms with van der Waals surface area (Å²) in [5.74, 6) is -0.731. The molecule has 1 aliphatic rings. The van der Waals surface area contributed by atoms with E-state index in [1.54, 1.807) is 12.1 Å². The van der Waals surface area contributed by atoms with E-state index in [9.17, 15) is 14.7 Å². The number of thiophene rings is 1. The highest BCUT2D eigenvalue weighted by atomic mass is 32.1. The number of ether oxygens (including phenoxy) is 1. The number of carboxylic acids is 1. The molecule has 1 amide bonds. The summed E-state index contributed by atoms with van der Waals surface area (Å²) < 4.78 is 5.42. The minimum Gasteiger partial charge on any atom is -0.484 e. The van der Waals surface area contributed by atoms with Crippen LogP contribution in [0.2, 0.25) is 0 Å². The smallest absolute Gasteiger partial charge is 0.339 e. The Morgan fingerprint density at radius 2 is 2.00 bits per heavy atom. The number of carbonyl (C=O) groups is 2. The van der Waals surface area contributed by atoms with Crippen LogP contribution in [0.4, 0.5) is 5.00 Å². The number of hydrogen-bond acceptors (Lipinski definition) is 4. The van der Waals surface area contributed by atoms with Crippen molar-refractivity contribution in [3.8, 4) is 5.75 Å². The van der Waals surface area contributed by atoms with Crippen molar-refractivity contribution in [2.45, 2.75) is 26.2 Å². The Morgan fingerprint density at radius 1 is 1.26 bits per heavy atom. The summed E-state index contributed by atoms with van der Waals surface area (Å²) in [4.78, 5) is 24.6. The van der Waals surface area contributed by atoms with Crippen LogP contribution in [-0.2, 0) is 17.6 Å². The number of nitrogens with one attached hydrogen (secondary N) is 1. The van der Waals surface area contributed by atoms with Gasteiger partial charge in [0.15, 0.2) is 6.61 Å². The number of amides is 1. The van der Waals surface area contributed by atoms with E-state index in [-0.39, 0.29) is 18.1 Å². The van der Waals surface area contributed by atoms with Crippen LogP contribution in [-0.4, -0.2) is 23.6 Å². The van der Waals surface area contributed by atoms with Crippen LogP contribution in [0.5, 0.6) is 5.75 Å². The number of anilines is 1. The number of fused-ring (bicyclic) bond motifs is 1. The molecular formula is C17H17NO4S. The Morgan fingerprint density at radius 3 is 2.70 bits per heavy atom. The Kier molecular flexibility index (Phi) is 4.34. The topological polar surface area (TPSA) is 75.6 Å². The van der Waals surface area contributed by atoms with Gasteiger partial charge in [0.2, 0.25) is 0 Å². The normalized spacial score (nSPS) is 12.7. The molecule has 1 aromatic heterocycles. The van der Waals surface area contributed by atoms with Gasteiger partial charge in [-0.2, -0.15) is 0 Å². The molecule has 6 heteroatoms. The third-order valence-electron chi connectivity index (χ3n) is 3.78. The first kappa shape index (κ1) is 15.6. The SMILES string of the molecule is Cc1ccc(OCC(=O)Nc2sc3c(c2C(=O)O)CCC3)cc1. The van der Waals surface area contributed by atoms with E-state index < -0.39 is 5.97 Å². The molecule has 120 valence electrons. The molecule has 0 saturated carbocycles. The number of aryl methyl sites for hydroxylation is 2. The minimum atomic E-state index is -0.987. The van der Waals surface area contributed by atoms with Crippen LogP contribution in [0, 0.1) is 6.92 Å². The number of rotatable bonds is 5. The lowest BCUT2D eigenvalue weighted by Crippen LogP contribution is -2.21. The summed E-state index contributed by atoms with van der Waals surface area (Å²) in [6, 6.07) is 7.40. The van der Waals surface area contributed by atoms with Crippen LogP contribution in [0.25, 0.3) is 0 Å². The molecule has 0 spiro atoms. The van der Waals surface area contributed by atoms with E-state index in [1.807, 2.05) is 19.1 Å². The Labute approximate surface area is 137 Å². The van der Waals surface area contributed by atoms with Crippen molar-refractivity contribution in [1.82, 2.24) is 0 Å². The fourth-order valence-corrected chi connectivity index (χ4v) is 3.96. The van der Waals surface area contributed by atoms with Crippen LogP contribution in [0.3, 0.4) is 0 Å². The number of carbonyl (C=O) groups excluding carboxylic acids is 1. The van der Waals surface area contributed by atoms with Gasteiger partial charge in [-0.1, -0.05) is 17.7 Å². The van der Waals surface area contributed by atoms with Crippen molar-refractivity contribution in [3.05, 3.63) is 45.8 Å². The largest absolute Gasteiger partial charge is 0.484 e. The first-order chi connectivity index (χ1) is 11.0. The van der Waals surface area contributed by atoms with Crippen molar-refractivity contribution in [1.29, 1.82) is 0 Å². The van der Waals surface area contributed by atoms with E-state index >= 15 is 0 Å². The lowest BCUT2D eigenvalue weighted by atomic mass is 10.1. The maximum atomic E-state index is 12.0. The lowest BCUT2D eigenvalue weighted by Gasteiger charge is -2.08. The predicted molar refractivity (Wildman–Crippen MR) is 88.6 cm³/mol. The molecule has 23 heavy (non-hydrogen) atoms. The van der Waals surface area contributed by atoms with Gasteiger partial charge in [0.05, 0.1) is 5.56 Å². The van der Waals surface area contributed by atoms with Gasteiger partial charge in [-0.15, -0.1) is 11.3 Å². The molecule has 0 bridgehead atoms. The van der Waals surface area contributed by atoms with E-state index in [1.165, 1.54) is 11.3 Å². The quantitative estimate of drug-likeness (QED) is 0.882. The molecule has 2 aromatic rings. The van der Waals surface area contributed by atoms with E-state index in [0.29, 0.717) is 10.8 Å². The maximum absolute atomic E-state index is 12.0. The van der Waals surface area contributed by atoms with Gasteiger partial charge in [0, 0.05) is 4.88 Å². The van der Waals surface area contributed by atoms with Crippen molar-refractivity contribution in [2.24, 2.45) is 0 Å². The van der Waals surface area contributed by atoms with Crippen molar-refractivity contribution >= 4 is 28.2 Å². The monoisotopic (exact) mass is 331 g/mol. The molecule has 1 aromatic carbocycles. The zero-order valence-corrected chi connectivity index (χ0v) is 13.5. The fourth-order valence-electron chi connectivity index (χ4n) is 2.66. The highest BCUT2D eigenvalue weighted by Gasteiger charge is 2.27. The van der Waals surface area contributed by atoms with Gasteiger partial charge in [-0.25, -0.2) is 4.79 Å². The summed E-state index contributed by atoms with van der Waals surface area (Å²) in [6.45, 7) is 1.82. The number of carboxylic acid groups (broad SMARTS) is 1. The standard InChI is InChI=1S/C17H17NO4S/c1-10-5-7-11(8-6-10)22-9-14(19)18-16-15(17(20)21)12-3-2-4-13(12)23-16/h5-8H,2-4,9H2,1H3,(H,18,19)(H,20,21). The zero-order valence-electron chi connectivity index (χ0n) is 12.7. The van der Waals surface area contributed by atoms with Crippen LogP contribution >= 0.6 is 11.3 Å². The highest BCUT2D eigenvalue weighted by Crippen LogP contribution is 2.39. The van der Waals surface area contributed by atoms with Crippen molar-refractivity contribution in [3.63, 3.8) is 0 Å². The second-order valence-corrected chi connectivity index (χ2v) is 6.62. The second-order valence-electron chi connectivity index (χ2n) is 5.52. The third kappa shape index (κ3) is 3.37. The Hall–Kier alpha value is -2.34. The van der Waals surface area contributed by atoms with E-state index in [0.717, 1.165) is 35.3 Å². The van der Waals surface area contributed by atoms with Gasteiger partial charge in [0.1, 0.15) is 10.8 Å². The molecule has 0 aliphatic heterocycles. The summed E-state index contributed by atoms with van der Waals surface area (Å²) >= 11 is 1.36. The molecule has 5 nitrogen and oxygen atoms in total. The van der Waals surface area contributed by atoms with Gasteiger partial charge in [-0.05, 0) is 43.9 Å². The predicted octanol–water partition coefficient (Wildman–Crippen LogP) is 3.26. The van der Waals surface area contributed by atoms with Gasteiger partial charge in [-0.3, -0.25) is 4.79 Å². The van der Waals surface area contributed by atoms with Gasteiger partial charge in [0.25, 0.3) is 5.91 Å². The lowest BCUT2D eigenvalue weighted by molar-refractivity contribution is -0.118. The molecule has 1 aliphatic carbocycles. The molecule has 2 N–H and O–H groups in total. The highest BCUT2D eigenvalue weighted by molar-refractivity contribution is 7.17.